The smallest absolute Gasteiger partial charge is 0.340 e. The van der Waals surface area contributed by atoms with Gasteiger partial charge in [-0.2, -0.15) is 0 Å². The summed E-state index contributed by atoms with van der Waals surface area (Å²) in [7, 11) is 0. The lowest BCUT2D eigenvalue weighted by Crippen LogP contribution is -2.33. The summed E-state index contributed by atoms with van der Waals surface area (Å²) >= 11 is 0. The van der Waals surface area contributed by atoms with Crippen molar-refractivity contribution in [1.82, 2.24) is 15.3 Å². The highest BCUT2D eigenvalue weighted by Crippen LogP contribution is 2.57. The molecule has 11 rings (SSSR count). The number of nitrogens with zero attached hydrogens (tertiary/aromatic N) is 2. The number of nitrogens with one attached hydrogen (secondary N) is 1. The predicted octanol–water partition coefficient (Wildman–Crippen LogP) is 11.0. The molecule has 1 amide bonds. The molecule has 2 aliphatic rings. The van der Waals surface area contributed by atoms with Crippen LogP contribution in [0, 0.1) is 11.6 Å². The van der Waals surface area contributed by atoms with Crippen molar-refractivity contribution in [3.05, 3.63) is 209 Å². The summed E-state index contributed by atoms with van der Waals surface area (Å²) in [6.45, 7) is 2.39. The molecule has 2 aromatic heterocycles. The summed E-state index contributed by atoms with van der Waals surface area (Å²) in [6.07, 6.45) is 8.10. The fourth-order valence-corrected chi connectivity index (χ4v) is 9.69. The number of aromatic nitrogens is 2. The number of hydrogen-bond donors (Lipinski definition) is 3. The number of hydrogen-bond acceptors (Lipinski definition) is 12. The van der Waals surface area contributed by atoms with Crippen molar-refractivity contribution >= 4 is 33.4 Å². The lowest BCUT2D eigenvalue weighted by Gasteiger charge is -2.36. The number of amides is 1. The van der Waals surface area contributed by atoms with E-state index in [0.29, 0.717) is 39.5 Å². The molecule has 0 saturated heterocycles. The third-order valence-electron chi connectivity index (χ3n) is 13.4. The molecule has 0 fully saturated rings. The summed E-state index contributed by atoms with van der Waals surface area (Å²) in [4.78, 5) is 35.4. The molecule has 15 heteroatoms. The highest BCUT2D eigenvalue weighted by Gasteiger charge is 2.54. The molecule has 4 heterocycles. The van der Waals surface area contributed by atoms with Crippen LogP contribution in [-0.4, -0.2) is 78.2 Å². The Morgan fingerprint density at radius 2 is 1.23 bits per heavy atom. The number of carbonyl (C=O) groups excluding carboxylic acids is 2. The Labute approximate surface area is 428 Å². The number of rotatable bonds is 18. The molecule has 0 atom stereocenters. The Morgan fingerprint density at radius 1 is 0.600 bits per heavy atom. The normalized spacial score (nSPS) is 13.0. The summed E-state index contributed by atoms with van der Waals surface area (Å²) in [6, 6.07) is 39.4. The Hall–Kier alpha value is -8.76. The number of aromatic hydroxyl groups is 2. The van der Waals surface area contributed by atoms with Crippen LogP contribution in [-0.2, 0) is 37.6 Å². The molecular weight excluding hydrogens is 961 g/mol. The maximum atomic E-state index is 14.8. The van der Waals surface area contributed by atoms with Crippen LogP contribution >= 0.6 is 0 Å². The highest BCUT2D eigenvalue weighted by molar-refractivity contribution is 6.02. The van der Waals surface area contributed by atoms with E-state index in [-0.39, 0.29) is 59.1 Å². The second kappa shape index (κ2) is 21.0. The van der Waals surface area contributed by atoms with Gasteiger partial charge in [-0.1, -0.05) is 78.9 Å². The third kappa shape index (κ3) is 9.67. The van der Waals surface area contributed by atoms with Crippen molar-refractivity contribution in [3.8, 4) is 51.0 Å². The molecule has 0 unspecified atom stereocenters. The van der Waals surface area contributed by atoms with Crippen molar-refractivity contribution in [2.24, 2.45) is 0 Å². The lowest BCUT2D eigenvalue weighted by molar-refractivity contribution is 0.0112. The Morgan fingerprint density at radius 3 is 1.92 bits per heavy atom. The van der Waals surface area contributed by atoms with Gasteiger partial charge in [-0.15, -0.1) is 0 Å². The van der Waals surface area contributed by atoms with E-state index < -0.39 is 40.6 Å². The van der Waals surface area contributed by atoms with Crippen LogP contribution in [0.1, 0.15) is 48.5 Å². The number of fused-ring (bicyclic) bond motifs is 8. The molecular formula is C60H47F2N3O10. The Bertz CT molecular complexity index is 3580. The van der Waals surface area contributed by atoms with Crippen molar-refractivity contribution < 1.29 is 57.0 Å². The molecule has 0 bridgehead atoms. The monoisotopic (exact) mass is 1010 g/mol. The molecule has 376 valence electrons. The quantitative estimate of drug-likeness (QED) is 0.0550. The average molecular weight is 1010 g/mol. The van der Waals surface area contributed by atoms with Crippen LogP contribution < -0.4 is 14.8 Å². The largest absolute Gasteiger partial charge is 0.505 e. The van der Waals surface area contributed by atoms with Crippen LogP contribution in [0.15, 0.2) is 158 Å². The van der Waals surface area contributed by atoms with E-state index >= 15 is 0 Å². The number of esters is 1. The molecule has 1 spiro atoms. The van der Waals surface area contributed by atoms with Gasteiger partial charge in [-0.05, 0) is 81.1 Å². The third-order valence-corrected chi connectivity index (χ3v) is 13.4. The van der Waals surface area contributed by atoms with Crippen LogP contribution in [0.3, 0.4) is 0 Å². The van der Waals surface area contributed by atoms with Crippen LogP contribution in [0.5, 0.6) is 28.7 Å². The van der Waals surface area contributed by atoms with Crippen LogP contribution in [0.4, 0.5) is 8.78 Å². The summed E-state index contributed by atoms with van der Waals surface area (Å²) in [5, 5.41) is 27.3. The van der Waals surface area contributed by atoms with Crippen molar-refractivity contribution in [1.29, 1.82) is 0 Å². The summed E-state index contributed by atoms with van der Waals surface area (Å²) < 4.78 is 65.3. The van der Waals surface area contributed by atoms with Gasteiger partial charge in [0.15, 0.2) is 28.7 Å². The van der Waals surface area contributed by atoms with Gasteiger partial charge in [0.05, 0.1) is 62.9 Å². The first-order chi connectivity index (χ1) is 36.6. The number of halogens is 2. The maximum absolute atomic E-state index is 14.8. The number of pyridine rings is 2. The number of phenols is 2. The molecule has 75 heavy (non-hydrogen) atoms. The first kappa shape index (κ1) is 48.5. The molecule has 7 aromatic carbocycles. The fraction of sp³-hybridized carbons (Fsp3) is 0.167. The zero-order valence-corrected chi connectivity index (χ0v) is 40.2. The minimum atomic E-state index is -1.91. The second-order valence-electron chi connectivity index (χ2n) is 18.0. The van der Waals surface area contributed by atoms with E-state index in [0.717, 1.165) is 84.9 Å². The lowest BCUT2D eigenvalue weighted by atomic mass is 9.77. The SMILES string of the molecule is O=C(NCCOCCOCCOCc1ccc(-c2cccc3ccncc23)c(OCCc2ccc(-c3cccc4ccncc34)cc2)c1)c1ccc2c(c1)C(=O)OC21c2cc(F)c(O)cc2Oc2cc(O)c(F)cc21. The summed E-state index contributed by atoms with van der Waals surface area (Å²) in [5.74, 6) is -4.30. The minimum absolute atomic E-state index is 0.0203. The van der Waals surface area contributed by atoms with E-state index in [1.54, 1.807) is 6.20 Å². The Balaban J connectivity index is 0.649. The topological polar surface area (TPSA) is 168 Å². The van der Waals surface area contributed by atoms with E-state index in [2.05, 4.69) is 75.9 Å². The van der Waals surface area contributed by atoms with Gasteiger partial charge in [0.2, 0.25) is 0 Å². The van der Waals surface area contributed by atoms with Crippen molar-refractivity contribution in [2.45, 2.75) is 18.6 Å². The molecule has 3 N–H and O–H groups in total. The first-order valence-electron chi connectivity index (χ1n) is 24.3. The van der Waals surface area contributed by atoms with E-state index in [9.17, 15) is 28.6 Å². The van der Waals surface area contributed by atoms with Crippen LogP contribution in [0.25, 0.3) is 43.8 Å². The standard InChI is InChI=1S/C60H47F2N3O10/c61-51-29-49-56(31-53(51)66)74-57-32-54(67)52(62)30-50(57)60(49)48-14-12-41(28-45(48)59(69)75-60)58(68)65-20-22-70-23-24-71-25-26-72-35-37-9-13-44(43-6-2-4-39-16-19-64-34-47(39)43)55(27-37)73-21-17-36-7-10-40(11-8-36)42-5-1-3-38-15-18-63-33-46(38)42/h1-16,18-19,27-34,66-67H,17,20-26,35H2,(H,65,68). The molecule has 0 saturated carbocycles. The number of ether oxygens (including phenoxy) is 6. The van der Waals surface area contributed by atoms with Crippen molar-refractivity contribution in [3.63, 3.8) is 0 Å². The van der Waals surface area contributed by atoms with E-state index in [1.165, 1.54) is 18.2 Å². The minimum Gasteiger partial charge on any atom is -0.505 e. The highest BCUT2D eigenvalue weighted by atomic mass is 19.1. The molecule has 0 radical (unpaired) electrons. The van der Waals surface area contributed by atoms with Gasteiger partial charge >= 0.3 is 5.97 Å². The number of benzene rings is 7. The van der Waals surface area contributed by atoms with Gasteiger partial charge in [0.1, 0.15) is 17.2 Å². The van der Waals surface area contributed by atoms with E-state index in [4.69, 9.17) is 28.4 Å². The molecule has 0 aliphatic carbocycles. The summed E-state index contributed by atoms with van der Waals surface area (Å²) in [5.41, 5.74) is 4.71. The maximum Gasteiger partial charge on any atom is 0.340 e. The average Bonchev–Trinajstić information content (AvgIpc) is 3.84. The predicted molar refractivity (Wildman–Crippen MR) is 275 cm³/mol. The molecule has 2 aliphatic heterocycles. The van der Waals surface area contributed by atoms with Gasteiger partial charge in [-0.3, -0.25) is 14.8 Å². The van der Waals surface area contributed by atoms with Crippen LogP contribution in [0.2, 0.25) is 0 Å². The second-order valence-corrected chi connectivity index (χ2v) is 18.0. The zero-order valence-electron chi connectivity index (χ0n) is 40.2. The van der Waals surface area contributed by atoms with E-state index in [1.807, 2.05) is 48.9 Å². The molecule has 9 aromatic rings. The number of phenolic OH excluding ortho intramolecular Hbond substituents is 2. The fourth-order valence-electron chi connectivity index (χ4n) is 9.69. The zero-order chi connectivity index (χ0) is 51.5. The van der Waals surface area contributed by atoms with Gasteiger partial charge < -0.3 is 44.0 Å². The Kier molecular flexibility index (Phi) is 13.6. The van der Waals surface area contributed by atoms with Gasteiger partial charge in [-0.25, -0.2) is 13.6 Å². The first-order valence-corrected chi connectivity index (χ1v) is 24.3. The van der Waals surface area contributed by atoms with Gasteiger partial charge in [0, 0.05) is 77.3 Å². The number of carbonyl (C=O) groups is 2. The van der Waals surface area contributed by atoms with Gasteiger partial charge in [0.25, 0.3) is 5.91 Å². The van der Waals surface area contributed by atoms with Crippen molar-refractivity contribution in [2.75, 3.05) is 46.2 Å². The molecule has 13 nitrogen and oxygen atoms in total.